The van der Waals surface area contributed by atoms with Crippen LogP contribution >= 0.6 is 0 Å². The molecule has 0 bridgehead atoms. The Morgan fingerprint density at radius 2 is 2.11 bits per heavy atom. The molecule has 1 saturated carbocycles. The van der Waals surface area contributed by atoms with Crippen molar-refractivity contribution in [2.75, 3.05) is 18.9 Å². The molecule has 0 radical (unpaired) electrons. The second-order valence-corrected chi connectivity index (χ2v) is 7.67. The number of nitrogens with zero attached hydrogens (tertiary/aromatic N) is 5. The first kappa shape index (κ1) is 18.0. The zero-order valence-electron chi connectivity index (χ0n) is 16.6. The molecule has 0 spiro atoms. The van der Waals surface area contributed by atoms with E-state index in [2.05, 4.69) is 33.6 Å². The van der Waals surface area contributed by atoms with Crippen molar-refractivity contribution in [1.82, 2.24) is 24.8 Å². The third kappa shape index (κ3) is 3.69. The van der Waals surface area contributed by atoms with Gasteiger partial charge in [0, 0.05) is 49.7 Å². The minimum absolute atomic E-state index is 0.672. The molecule has 0 saturated heterocycles. The van der Waals surface area contributed by atoms with Gasteiger partial charge in [-0.05, 0) is 45.4 Å². The Morgan fingerprint density at radius 1 is 1.30 bits per heavy atom. The summed E-state index contributed by atoms with van der Waals surface area (Å²) in [6.07, 6.45) is 4.94. The zero-order chi connectivity index (χ0) is 19.0. The van der Waals surface area contributed by atoms with Crippen LogP contribution in [0.1, 0.15) is 42.0 Å². The average Bonchev–Trinajstić information content (AvgIpc) is 3.12. The Labute approximate surface area is 159 Å². The fourth-order valence-electron chi connectivity index (χ4n) is 3.72. The highest BCUT2D eigenvalue weighted by Crippen LogP contribution is 2.25. The maximum atomic E-state index is 5.15. The fraction of sp³-hybridized carbons (Fsp3) is 0.550. The first-order chi connectivity index (χ1) is 13.0. The van der Waals surface area contributed by atoms with E-state index in [1.165, 1.54) is 24.8 Å². The fourth-order valence-corrected chi connectivity index (χ4v) is 3.72. The van der Waals surface area contributed by atoms with Crippen molar-refractivity contribution in [2.45, 2.75) is 52.1 Å². The molecule has 4 rings (SSSR count). The number of nitrogens with one attached hydrogen (secondary N) is 1. The van der Waals surface area contributed by atoms with Gasteiger partial charge in [0.1, 0.15) is 5.76 Å². The largest absolute Gasteiger partial charge is 0.363 e. The van der Waals surface area contributed by atoms with Crippen LogP contribution in [-0.2, 0) is 20.0 Å². The highest BCUT2D eigenvalue weighted by Gasteiger charge is 2.22. The van der Waals surface area contributed by atoms with E-state index in [1.54, 1.807) is 0 Å². The predicted octanol–water partition coefficient (Wildman–Crippen LogP) is 3.21. The summed E-state index contributed by atoms with van der Waals surface area (Å²) >= 11 is 0. The van der Waals surface area contributed by atoms with Gasteiger partial charge >= 0.3 is 0 Å². The quantitative estimate of drug-likeness (QED) is 0.690. The first-order valence-electron chi connectivity index (χ1n) is 9.71. The molecule has 3 aromatic rings. The molecule has 1 N–H and O–H groups in total. The summed E-state index contributed by atoms with van der Waals surface area (Å²) in [4.78, 5) is 7.45. The lowest BCUT2D eigenvalue weighted by Gasteiger charge is -2.34. The van der Waals surface area contributed by atoms with Gasteiger partial charge in [0.25, 0.3) is 0 Å². The van der Waals surface area contributed by atoms with E-state index >= 15 is 0 Å². The molecule has 0 aliphatic heterocycles. The molecule has 3 heterocycles. The van der Waals surface area contributed by atoms with Gasteiger partial charge in [-0.3, -0.25) is 4.68 Å². The maximum absolute atomic E-state index is 5.15. The van der Waals surface area contributed by atoms with Crippen LogP contribution in [0.25, 0.3) is 11.0 Å². The van der Waals surface area contributed by atoms with E-state index < -0.39 is 0 Å². The van der Waals surface area contributed by atoms with Crippen molar-refractivity contribution in [3.8, 4) is 0 Å². The molecular formula is C20H28N6O. The molecule has 0 amide bonds. The van der Waals surface area contributed by atoms with Gasteiger partial charge in [-0.15, -0.1) is 0 Å². The highest BCUT2D eigenvalue weighted by molar-refractivity contribution is 5.79. The summed E-state index contributed by atoms with van der Waals surface area (Å²) in [5.74, 6) is 1.56. The second-order valence-electron chi connectivity index (χ2n) is 7.67. The Hall–Kier alpha value is -2.41. The van der Waals surface area contributed by atoms with Crippen LogP contribution in [0.5, 0.6) is 0 Å². The predicted molar refractivity (Wildman–Crippen MR) is 106 cm³/mol. The molecule has 1 fully saturated rings. The van der Waals surface area contributed by atoms with Crippen LogP contribution in [0.4, 0.5) is 5.82 Å². The van der Waals surface area contributed by atoms with E-state index in [4.69, 9.17) is 9.51 Å². The van der Waals surface area contributed by atoms with Crippen LogP contribution in [0, 0.1) is 13.8 Å². The van der Waals surface area contributed by atoms with Gasteiger partial charge < -0.3 is 14.7 Å². The van der Waals surface area contributed by atoms with Gasteiger partial charge in [-0.25, -0.2) is 4.98 Å². The molecule has 7 nitrogen and oxygen atoms in total. The standard InChI is InChI=1S/C20H28N6O/c1-13-10-19(24-27-13)21-12-15-11-17-14(2)23-26(4)20(17)22-18(15)8-9-25(3)16-6-5-7-16/h10-11,16H,5-9,12H2,1-4H3,(H,21,24). The third-order valence-electron chi connectivity index (χ3n) is 5.65. The summed E-state index contributed by atoms with van der Waals surface area (Å²) in [5, 5.41) is 13.0. The number of pyridine rings is 1. The lowest BCUT2D eigenvalue weighted by molar-refractivity contribution is 0.161. The molecule has 7 heteroatoms. The van der Waals surface area contributed by atoms with E-state index in [-0.39, 0.29) is 0 Å². The zero-order valence-corrected chi connectivity index (χ0v) is 16.6. The molecule has 144 valence electrons. The molecule has 27 heavy (non-hydrogen) atoms. The van der Waals surface area contributed by atoms with Crippen molar-refractivity contribution in [2.24, 2.45) is 7.05 Å². The van der Waals surface area contributed by atoms with Crippen LogP contribution in [0.3, 0.4) is 0 Å². The molecule has 1 aliphatic carbocycles. The van der Waals surface area contributed by atoms with Gasteiger partial charge in [-0.1, -0.05) is 11.6 Å². The number of anilines is 1. The lowest BCUT2D eigenvalue weighted by Crippen LogP contribution is -2.38. The number of rotatable bonds is 7. The van der Waals surface area contributed by atoms with Crippen LogP contribution in [0.15, 0.2) is 16.7 Å². The number of fused-ring (bicyclic) bond motifs is 1. The minimum atomic E-state index is 0.672. The molecular weight excluding hydrogens is 340 g/mol. The first-order valence-corrected chi connectivity index (χ1v) is 9.71. The Bertz CT molecular complexity index is 939. The summed E-state index contributed by atoms with van der Waals surface area (Å²) in [6.45, 7) is 5.63. The number of hydrogen-bond acceptors (Lipinski definition) is 6. The lowest BCUT2D eigenvalue weighted by atomic mass is 9.91. The summed E-state index contributed by atoms with van der Waals surface area (Å²) in [5.41, 5.74) is 4.29. The topological polar surface area (TPSA) is 72.0 Å². The Balaban J connectivity index is 1.58. The Kier molecular flexibility index (Phi) is 4.86. The number of aromatic nitrogens is 4. The van der Waals surface area contributed by atoms with Crippen molar-refractivity contribution in [3.05, 3.63) is 34.8 Å². The summed E-state index contributed by atoms with van der Waals surface area (Å²) < 4.78 is 7.03. The van der Waals surface area contributed by atoms with Crippen molar-refractivity contribution < 1.29 is 4.52 Å². The second kappa shape index (κ2) is 7.31. The summed E-state index contributed by atoms with van der Waals surface area (Å²) in [7, 11) is 4.19. The minimum Gasteiger partial charge on any atom is -0.363 e. The normalized spacial score (nSPS) is 14.9. The third-order valence-corrected chi connectivity index (χ3v) is 5.65. The van der Waals surface area contributed by atoms with E-state index in [1.807, 2.05) is 31.6 Å². The molecule has 3 aromatic heterocycles. The van der Waals surface area contributed by atoms with Gasteiger partial charge in [0.2, 0.25) is 0 Å². The van der Waals surface area contributed by atoms with Crippen LogP contribution < -0.4 is 5.32 Å². The van der Waals surface area contributed by atoms with Crippen molar-refractivity contribution >= 4 is 16.9 Å². The number of hydrogen-bond donors (Lipinski definition) is 1. The highest BCUT2D eigenvalue weighted by atomic mass is 16.5. The van der Waals surface area contributed by atoms with Crippen LogP contribution in [-0.4, -0.2) is 44.5 Å². The molecule has 0 aromatic carbocycles. The molecule has 1 aliphatic rings. The Morgan fingerprint density at radius 3 is 2.78 bits per heavy atom. The molecule has 0 unspecified atom stereocenters. The van der Waals surface area contributed by atoms with E-state index in [0.717, 1.165) is 53.0 Å². The SMILES string of the molecule is Cc1cc(NCc2cc3c(C)nn(C)c3nc2CCN(C)C2CCC2)no1. The number of aryl methyl sites for hydroxylation is 3. The molecule has 0 atom stereocenters. The van der Waals surface area contributed by atoms with E-state index in [0.29, 0.717) is 6.54 Å². The average molecular weight is 368 g/mol. The monoisotopic (exact) mass is 368 g/mol. The van der Waals surface area contributed by atoms with Gasteiger partial charge in [0.15, 0.2) is 11.5 Å². The van der Waals surface area contributed by atoms with Crippen molar-refractivity contribution in [1.29, 1.82) is 0 Å². The van der Waals surface area contributed by atoms with E-state index in [9.17, 15) is 0 Å². The maximum Gasteiger partial charge on any atom is 0.169 e. The number of likely N-dealkylation sites (N-methyl/N-ethyl adjacent to an activating group) is 1. The van der Waals surface area contributed by atoms with Crippen molar-refractivity contribution in [3.63, 3.8) is 0 Å². The smallest absolute Gasteiger partial charge is 0.169 e. The van der Waals surface area contributed by atoms with Crippen LogP contribution in [0.2, 0.25) is 0 Å². The summed E-state index contributed by atoms with van der Waals surface area (Å²) in [6, 6.07) is 4.88. The van der Waals surface area contributed by atoms with Gasteiger partial charge in [0.05, 0.1) is 5.69 Å². The van der Waals surface area contributed by atoms with Gasteiger partial charge in [-0.2, -0.15) is 5.10 Å².